The van der Waals surface area contributed by atoms with Gasteiger partial charge in [-0.1, -0.05) is 0 Å². The summed E-state index contributed by atoms with van der Waals surface area (Å²) in [6.07, 6.45) is 2.07. The van der Waals surface area contributed by atoms with Crippen LogP contribution in [0.5, 0.6) is 5.75 Å². The third-order valence-electron chi connectivity index (χ3n) is 5.39. The highest BCUT2D eigenvalue weighted by Crippen LogP contribution is 2.44. The van der Waals surface area contributed by atoms with Crippen LogP contribution in [0.2, 0.25) is 0 Å². The topological polar surface area (TPSA) is 62.7 Å². The minimum absolute atomic E-state index is 0.00195. The lowest BCUT2D eigenvalue weighted by atomic mass is 9.85. The molecular formula is C19H21FN2O3S. The number of esters is 1. The van der Waals surface area contributed by atoms with Crippen molar-refractivity contribution in [2.75, 3.05) is 24.6 Å². The molecule has 2 heterocycles. The van der Waals surface area contributed by atoms with E-state index in [0.29, 0.717) is 29.7 Å². The summed E-state index contributed by atoms with van der Waals surface area (Å²) in [7, 11) is 0. The number of benzene rings is 1. The van der Waals surface area contributed by atoms with Gasteiger partial charge in [-0.25, -0.2) is 9.37 Å². The van der Waals surface area contributed by atoms with Crippen LogP contribution in [0.1, 0.15) is 19.8 Å². The number of piperidine rings is 1. The molecule has 5 nitrogen and oxygen atoms in total. The summed E-state index contributed by atoms with van der Waals surface area (Å²) in [6, 6.07) is 3.86. The van der Waals surface area contributed by atoms with E-state index in [9.17, 15) is 14.3 Å². The minimum Gasteiger partial charge on any atom is -0.507 e. The molecule has 0 spiro atoms. The second-order valence-electron chi connectivity index (χ2n) is 6.96. The number of anilines is 1. The van der Waals surface area contributed by atoms with Gasteiger partial charge in [0.1, 0.15) is 11.6 Å². The van der Waals surface area contributed by atoms with E-state index in [4.69, 9.17) is 4.74 Å². The van der Waals surface area contributed by atoms with Crippen LogP contribution in [0.4, 0.5) is 9.52 Å². The lowest BCUT2D eigenvalue weighted by Gasteiger charge is -2.36. The molecule has 2 bridgehead atoms. The zero-order chi connectivity index (χ0) is 18.3. The van der Waals surface area contributed by atoms with Gasteiger partial charge in [0.2, 0.25) is 0 Å². The van der Waals surface area contributed by atoms with Crippen LogP contribution in [-0.4, -0.2) is 35.8 Å². The molecule has 1 aromatic carbocycles. The van der Waals surface area contributed by atoms with Crippen molar-refractivity contribution in [2.45, 2.75) is 19.8 Å². The second-order valence-corrected chi connectivity index (χ2v) is 7.79. The van der Waals surface area contributed by atoms with Gasteiger partial charge in [-0.05, 0) is 49.8 Å². The van der Waals surface area contributed by atoms with Crippen molar-refractivity contribution in [1.29, 1.82) is 0 Å². The number of nitrogens with zero attached hydrogens (tertiary/aromatic N) is 2. The molecule has 138 valence electrons. The molecule has 2 atom stereocenters. The zero-order valence-corrected chi connectivity index (χ0v) is 15.3. The molecule has 0 radical (unpaired) electrons. The Morgan fingerprint density at radius 2 is 2.12 bits per heavy atom. The lowest BCUT2D eigenvalue weighted by Crippen LogP contribution is -2.45. The Morgan fingerprint density at radius 1 is 1.38 bits per heavy atom. The summed E-state index contributed by atoms with van der Waals surface area (Å²) in [5, 5.41) is 12.7. The molecule has 2 unspecified atom stereocenters. The number of hydrogen-bond donors (Lipinski definition) is 1. The Balaban J connectivity index is 1.53. The monoisotopic (exact) mass is 376 g/mol. The predicted octanol–water partition coefficient (Wildman–Crippen LogP) is 3.68. The lowest BCUT2D eigenvalue weighted by molar-refractivity contribution is -0.151. The smallest absolute Gasteiger partial charge is 0.309 e. The summed E-state index contributed by atoms with van der Waals surface area (Å²) in [5.74, 6) is 0.137. The molecule has 26 heavy (non-hydrogen) atoms. The van der Waals surface area contributed by atoms with E-state index in [0.717, 1.165) is 31.1 Å². The molecule has 2 aromatic rings. The highest BCUT2D eigenvalue weighted by atomic mass is 32.1. The van der Waals surface area contributed by atoms with Crippen LogP contribution in [0.25, 0.3) is 11.3 Å². The van der Waals surface area contributed by atoms with Gasteiger partial charge >= 0.3 is 5.97 Å². The fraction of sp³-hybridized carbons (Fsp3) is 0.474. The van der Waals surface area contributed by atoms with Crippen molar-refractivity contribution in [3.05, 3.63) is 29.4 Å². The zero-order valence-electron chi connectivity index (χ0n) is 14.5. The quantitative estimate of drug-likeness (QED) is 0.825. The first-order chi connectivity index (χ1) is 12.6. The number of ether oxygens (including phenoxy) is 1. The molecular weight excluding hydrogens is 355 g/mol. The van der Waals surface area contributed by atoms with Crippen molar-refractivity contribution >= 4 is 22.4 Å². The molecule has 1 saturated heterocycles. The molecule has 2 fully saturated rings. The number of aromatic hydroxyl groups is 1. The molecule has 1 aliphatic heterocycles. The molecule has 0 amide bonds. The average Bonchev–Trinajstić information content (AvgIpc) is 3.20. The highest BCUT2D eigenvalue weighted by molar-refractivity contribution is 7.14. The molecule has 1 aliphatic carbocycles. The van der Waals surface area contributed by atoms with Gasteiger partial charge in [0.05, 0.1) is 18.2 Å². The fourth-order valence-electron chi connectivity index (χ4n) is 4.25. The Hall–Kier alpha value is -2.15. The Labute approximate surface area is 155 Å². The number of carbonyl (C=O) groups is 1. The summed E-state index contributed by atoms with van der Waals surface area (Å²) >= 11 is 1.48. The number of aromatic nitrogens is 1. The number of rotatable bonds is 4. The maximum Gasteiger partial charge on any atom is 0.309 e. The standard InChI is InChI=1S/C19H21FN2O3S/c1-2-25-18(24)17-11-3-4-12(17)9-22(8-11)19-21-15(10-26-19)14-7-13(20)5-6-16(14)23/h5-7,10-12,17,23H,2-4,8-9H2,1H3. The summed E-state index contributed by atoms with van der Waals surface area (Å²) < 4.78 is 18.8. The van der Waals surface area contributed by atoms with Crippen LogP contribution < -0.4 is 4.90 Å². The number of carbonyl (C=O) groups excluding carboxylic acids is 1. The highest BCUT2D eigenvalue weighted by Gasteiger charge is 2.47. The van der Waals surface area contributed by atoms with Crippen LogP contribution >= 0.6 is 11.3 Å². The largest absolute Gasteiger partial charge is 0.507 e. The number of phenolic OH excluding ortho intramolecular Hbond substituents is 1. The van der Waals surface area contributed by atoms with Gasteiger partial charge in [0.25, 0.3) is 0 Å². The van der Waals surface area contributed by atoms with Gasteiger partial charge in [0, 0.05) is 24.0 Å². The number of phenols is 1. The van der Waals surface area contributed by atoms with E-state index in [1.54, 1.807) is 0 Å². The number of halogens is 1. The van der Waals surface area contributed by atoms with Gasteiger partial charge < -0.3 is 14.7 Å². The molecule has 7 heteroatoms. The Morgan fingerprint density at radius 3 is 2.81 bits per heavy atom. The van der Waals surface area contributed by atoms with Gasteiger partial charge in [0.15, 0.2) is 5.13 Å². The number of hydrogen-bond acceptors (Lipinski definition) is 6. The van der Waals surface area contributed by atoms with Crippen molar-refractivity contribution in [2.24, 2.45) is 17.8 Å². The van der Waals surface area contributed by atoms with E-state index < -0.39 is 5.82 Å². The van der Waals surface area contributed by atoms with Gasteiger partial charge in [-0.15, -0.1) is 11.3 Å². The fourth-order valence-corrected chi connectivity index (χ4v) is 5.09. The third kappa shape index (κ3) is 3.05. The molecule has 1 saturated carbocycles. The van der Waals surface area contributed by atoms with Crippen LogP contribution in [-0.2, 0) is 9.53 Å². The Bertz CT molecular complexity index is 811. The maximum absolute atomic E-state index is 13.5. The van der Waals surface area contributed by atoms with E-state index in [-0.39, 0.29) is 17.6 Å². The Kier molecular flexibility index (Phi) is 4.56. The van der Waals surface area contributed by atoms with Crippen LogP contribution in [0, 0.1) is 23.6 Å². The van der Waals surface area contributed by atoms with E-state index in [1.165, 1.54) is 29.5 Å². The first-order valence-corrected chi connectivity index (χ1v) is 9.80. The maximum atomic E-state index is 13.5. The van der Waals surface area contributed by atoms with Gasteiger partial charge in [-0.2, -0.15) is 0 Å². The van der Waals surface area contributed by atoms with E-state index in [2.05, 4.69) is 9.88 Å². The molecule has 2 aliphatic rings. The van der Waals surface area contributed by atoms with Crippen molar-refractivity contribution in [3.63, 3.8) is 0 Å². The first kappa shape index (κ1) is 17.3. The SMILES string of the molecule is CCOC(=O)C1C2CCC1CN(c1nc(-c3cc(F)ccc3O)cs1)C2. The van der Waals surface area contributed by atoms with Crippen molar-refractivity contribution < 1.29 is 19.0 Å². The van der Waals surface area contributed by atoms with Crippen molar-refractivity contribution in [1.82, 2.24) is 4.98 Å². The first-order valence-electron chi connectivity index (χ1n) is 8.92. The number of thiazole rings is 1. The van der Waals surface area contributed by atoms with Crippen molar-refractivity contribution in [3.8, 4) is 17.0 Å². The average molecular weight is 376 g/mol. The third-order valence-corrected chi connectivity index (χ3v) is 6.29. The minimum atomic E-state index is -0.402. The second kappa shape index (κ2) is 6.87. The van der Waals surface area contributed by atoms with Crippen LogP contribution in [0.3, 0.4) is 0 Å². The summed E-state index contributed by atoms with van der Waals surface area (Å²) in [5.41, 5.74) is 0.971. The van der Waals surface area contributed by atoms with E-state index in [1.807, 2.05) is 12.3 Å². The molecule has 1 N–H and O–H groups in total. The molecule has 1 aromatic heterocycles. The molecule has 4 rings (SSSR count). The number of fused-ring (bicyclic) bond motifs is 2. The van der Waals surface area contributed by atoms with E-state index >= 15 is 0 Å². The summed E-state index contributed by atoms with van der Waals surface area (Å²) in [6.45, 7) is 3.82. The normalized spacial score (nSPS) is 24.7. The van der Waals surface area contributed by atoms with Crippen LogP contribution in [0.15, 0.2) is 23.6 Å². The van der Waals surface area contributed by atoms with Gasteiger partial charge in [-0.3, -0.25) is 4.79 Å². The summed E-state index contributed by atoms with van der Waals surface area (Å²) in [4.78, 5) is 19.1. The predicted molar refractivity (Wildman–Crippen MR) is 97.7 cm³/mol.